The molecule has 146 valence electrons. The molecule has 0 N–H and O–H groups in total. The molecule has 2 rings (SSSR count). The van der Waals surface area contributed by atoms with Crippen LogP contribution in [-0.2, 0) is 30.6 Å². The molecule has 5 nitrogen and oxygen atoms in total. The number of ketones is 2. The van der Waals surface area contributed by atoms with Crippen molar-refractivity contribution >= 4 is 32.6 Å². The maximum atomic E-state index is 11.8. The molecule has 2 fully saturated rings. The zero-order valence-corrected chi connectivity index (χ0v) is 18.1. The first-order chi connectivity index (χ1) is 11.0. The van der Waals surface area contributed by atoms with Crippen LogP contribution in [0, 0.1) is 16.7 Å². The molecule has 0 aromatic heterocycles. The lowest BCUT2D eigenvalue weighted by atomic mass is 9.70. The first kappa shape index (κ1) is 22.6. The minimum Gasteiger partial charge on any atom is -0.748 e. The average molecular weight is 393 g/mol. The highest BCUT2D eigenvalue weighted by molar-refractivity contribution is 7.98. The van der Waals surface area contributed by atoms with Crippen LogP contribution in [0.25, 0.3) is 0 Å². The Hall–Kier alpha value is -0.400. The second-order valence-corrected chi connectivity index (χ2v) is 13.2. The summed E-state index contributed by atoms with van der Waals surface area (Å²) in [5.74, 6) is 0.766. The molecule has 0 heterocycles. The molecular formula is C18H32O5S2. The number of fused-ring (bicyclic) bond motifs is 2. The van der Waals surface area contributed by atoms with Gasteiger partial charge in [0.2, 0.25) is 0 Å². The van der Waals surface area contributed by atoms with Gasteiger partial charge in [0.1, 0.15) is 10.5 Å². The van der Waals surface area contributed by atoms with Gasteiger partial charge in [0.15, 0.2) is 11.5 Å². The fourth-order valence-electron chi connectivity index (χ4n) is 3.93. The van der Waals surface area contributed by atoms with Crippen molar-refractivity contribution in [3.8, 4) is 0 Å². The molecule has 0 radical (unpaired) electrons. The van der Waals surface area contributed by atoms with E-state index in [1.54, 1.807) is 6.92 Å². The lowest BCUT2D eigenvalue weighted by molar-refractivity contribution is -0.128. The number of Topliss-reactive ketones (excluding diaryl/α,β-unsaturated/α-hetero) is 2. The fraction of sp³-hybridized carbons (Fsp3) is 0.889. The Morgan fingerprint density at radius 1 is 1.32 bits per heavy atom. The number of carbonyl (C=O) groups is 2. The topological polar surface area (TPSA) is 91.3 Å². The molecule has 7 heteroatoms. The average Bonchev–Trinajstić information content (AvgIpc) is 2.69. The quantitative estimate of drug-likeness (QED) is 0.541. The predicted octanol–water partition coefficient (Wildman–Crippen LogP) is 2.55. The van der Waals surface area contributed by atoms with Crippen LogP contribution in [0.4, 0.5) is 0 Å². The van der Waals surface area contributed by atoms with Gasteiger partial charge >= 0.3 is 0 Å². The van der Waals surface area contributed by atoms with E-state index < -0.39 is 21.3 Å². The van der Waals surface area contributed by atoms with Crippen molar-refractivity contribution in [1.82, 2.24) is 0 Å². The smallest absolute Gasteiger partial charge is 0.178 e. The summed E-state index contributed by atoms with van der Waals surface area (Å²) in [7, 11) is -4.09. The largest absolute Gasteiger partial charge is 0.748 e. The summed E-state index contributed by atoms with van der Waals surface area (Å²) in [5, 5.41) is 0. The van der Waals surface area contributed by atoms with Gasteiger partial charge < -0.3 is 4.55 Å². The normalized spacial score (nSPS) is 29.1. The van der Waals surface area contributed by atoms with Gasteiger partial charge in [0.25, 0.3) is 0 Å². The summed E-state index contributed by atoms with van der Waals surface area (Å²) < 4.78 is 33.0. The molecule has 0 aromatic carbocycles. The monoisotopic (exact) mass is 392 g/mol. The Bertz CT molecular complexity index is 630. The molecule has 0 spiro atoms. The standard InChI is InChI=1S/C10H16O4S.C8H17OS/c1-9(2)7-3-4-10(9,8(11)5-7)6-15(12,13)14;1-7(9)6-10(5)8(2,3)4/h7H,3-6H2,1-2H3,(H,12,13,14);6H2,1-5H3/q;+1/p-1. The highest BCUT2D eigenvalue weighted by atomic mass is 32.2. The Morgan fingerprint density at radius 3 is 2.08 bits per heavy atom. The van der Waals surface area contributed by atoms with Gasteiger partial charge in [0, 0.05) is 11.8 Å². The van der Waals surface area contributed by atoms with Crippen LogP contribution >= 0.6 is 0 Å². The van der Waals surface area contributed by atoms with E-state index in [2.05, 4.69) is 27.0 Å². The maximum absolute atomic E-state index is 11.8. The summed E-state index contributed by atoms with van der Waals surface area (Å²) in [6.07, 6.45) is 4.03. The van der Waals surface area contributed by atoms with Crippen molar-refractivity contribution in [1.29, 1.82) is 0 Å². The lowest BCUT2D eigenvalue weighted by Crippen LogP contribution is -2.42. The van der Waals surface area contributed by atoms with Gasteiger partial charge in [-0.15, -0.1) is 0 Å². The van der Waals surface area contributed by atoms with E-state index in [9.17, 15) is 22.6 Å². The Labute approximate surface area is 155 Å². The van der Waals surface area contributed by atoms with Crippen molar-refractivity contribution in [2.75, 3.05) is 17.8 Å². The van der Waals surface area contributed by atoms with Crippen molar-refractivity contribution in [3.63, 3.8) is 0 Å². The lowest BCUT2D eigenvalue weighted by Gasteiger charge is -2.37. The zero-order valence-electron chi connectivity index (χ0n) is 16.5. The molecule has 0 aromatic rings. The summed E-state index contributed by atoms with van der Waals surface area (Å²) in [5.41, 5.74) is -1.22. The van der Waals surface area contributed by atoms with Gasteiger partial charge in [-0.25, -0.2) is 8.42 Å². The molecule has 0 aliphatic heterocycles. The van der Waals surface area contributed by atoms with Gasteiger partial charge in [-0.2, -0.15) is 0 Å². The predicted molar refractivity (Wildman–Crippen MR) is 102 cm³/mol. The van der Waals surface area contributed by atoms with E-state index in [4.69, 9.17) is 0 Å². The number of carbonyl (C=O) groups excluding carboxylic acids is 2. The third kappa shape index (κ3) is 5.07. The third-order valence-corrected chi connectivity index (χ3v) is 9.80. The summed E-state index contributed by atoms with van der Waals surface area (Å²) in [6.45, 7) is 12.0. The van der Waals surface area contributed by atoms with E-state index in [0.717, 1.165) is 12.2 Å². The van der Waals surface area contributed by atoms with Crippen LogP contribution in [0.2, 0.25) is 0 Å². The summed E-state index contributed by atoms with van der Waals surface area (Å²) in [6, 6.07) is 0. The molecule has 2 aliphatic rings. The maximum Gasteiger partial charge on any atom is 0.178 e. The van der Waals surface area contributed by atoms with Crippen LogP contribution in [0.5, 0.6) is 0 Å². The summed E-state index contributed by atoms with van der Waals surface area (Å²) in [4.78, 5) is 22.6. The molecule has 3 atom stereocenters. The number of hydrogen-bond acceptors (Lipinski definition) is 5. The fourth-order valence-corrected chi connectivity index (χ4v) is 6.26. The van der Waals surface area contributed by atoms with Crippen molar-refractivity contribution in [3.05, 3.63) is 0 Å². The van der Waals surface area contributed by atoms with Crippen molar-refractivity contribution in [2.45, 2.75) is 65.6 Å². The Morgan fingerprint density at radius 2 is 1.84 bits per heavy atom. The van der Waals surface area contributed by atoms with Crippen LogP contribution < -0.4 is 0 Å². The molecule has 0 amide bonds. The van der Waals surface area contributed by atoms with Gasteiger partial charge in [-0.3, -0.25) is 9.59 Å². The highest BCUT2D eigenvalue weighted by Gasteiger charge is 2.64. The van der Waals surface area contributed by atoms with E-state index in [-0.39, 0.29) is 28.0 Å². The van der Waals surface area contributed by atoms with Gasteiger partial charge in [0.05, 0.1) is 22.1 Å². The zero-order chi connectivity index (χ0) is 19.8. The first-order valence-corrected chi connectivity index (χ1v) is 12.0. The molecule has 25 heavy (non-hydrogen) atoms. The number of rotatable bonds is 4. The van der Waals surface area contributed by atoms with Gasteiger partial charge in [-0.05, 0) is 62.8 Å². The second kappa shape index (κ2) is 7.31. The van der Waals surface area contributed by atoms with Gasteiger partial charge in [-0.1, -0.05) is 13.8 Å². The minimum atomic E-state index is -4.33. The molecular weight excluding hydrogens is 360 g/mol. The molecule has 3 unspecified atom stereocenters. The van der Waals surface area contributed by atoms with Crippen molar-refractivity contribution in [2.24, 2.45) is 16.7 Å². The second-order valence-electron chi connectivity index (χ2n) is 8.96. The molecule has 2 aliphatic carbocycles. The van der Waals surface area contributed by atoms with E-state index in [1.807, 2.05) is 13.8 Å². The highest BCUT2D eigenvalue weighted by Crippen LogP contribution is 2.64. The molecule has 0 saturated heterocycles. The molecule has 2 saturated carbocycles. The SMILES string of the molecule is CC(=O)C[S+](C)C(C)(C)C.CC1(C)C2CCC1(CS(=O)(=O)[O-])C(=O)C2. The van der Waals surface area contributed by atoms with Crippen LogP contribution in [0.1, 0.15) is 60.8 Å². The Kier molecular flexibility index (Phi) is 6.62. The van der Waals surface area contributed by atoms with Crippen molar-refractivity contribution < 1.29 is 22.6 Å². The summed E-state index contributed by atoms with van der Waals surface area (Å²) >= 11 is 0. The van der Waals surface area contributed by atoms with Crippen LogP contribution in [0.15, 0.2) is 0 Å². The van der Waals surface area contributed by atoms with Crippen LogP contribution in [-0.4, -0.2) is 47.0 Å². The van der Waals surface area contributed by atoms with E-state index in [1.165, 1.54) is 0 Å². The minimum absolute atomic E-state index is 0.0248. The molecule has 2 bridgehead atoms. The van der Waals surface area contributed by atoms with Crippen LogP contribution in [0.3, 0.4) is 0 Å². The van der Waals surface area contributed by atoms with E-state index in [0.29, 0.717) is 23.4 Å². The van der Waals surface area contributed by atoms with E-state index >= 15 is 0 Å². The number of hydrogen-bond donors (Lipinski definition) is 0. The Balaban J connectivity index is 0.000000275. The third-order valence-electron chi connectivity index (χ3n) is 6.03. The first-order valence-electron chi connectivity index (χ1n) is 8.62.